The molecule has 2 aromatic carbocycles. The molecule has 0 aliphatic rings. The zero-order valence-corrected chi connectivity index (χ0v) is 15.1. The first-order chi connectivity index (χ1) is 13.1. The number of amides is 2. The highest BCUT2D eigenvalue weighted by Gasteiger charge is 2.09. The molecule has 0 saturated heterocycles. The molecule has 0 bridgehead atoms. The topological polar surface area (TPSA) is 85.2 Å². The Balaban J connectivity index is 1.68. The number of aromatic nitrogens is 2. The molecule has 7 heteroatoms. The van der Waals surface area contributed by atoms with Gasteiger partial charge in [-0.05, 0) is 35.4 Å². The number of benzene rings is 2. The maximum atomic E-state index is 12.4. The Bertz CT molecular complexity index is 948. The second-order valence-electron chi connectivity index (χ2n) is 5.86. The smallest absolute Gasteiger partial charge is 0.255 e. The highest BCUT2D eigenvalue weighted by atomic mass is 16.5. The predicted molar refractivity (Wildman–Crippen MR) is 103 cm³/mol. The van der Waals surface area contributed by atoms with Crippen LogP contribution in [0.1, 0.15) is 10.4 Å². The van der Waals surface area contributed by atoms with E-state index < -0.39 is 0 Å². The molecular weight excluding hydrogens is 344 g/mol. The summed E-state index contributed by atoms with van der Waals surface area (Å²) in [4.78, 5) is 23.8. The van der Waals surface area contributed by atoms with Crippen LogP contribution < -0.4 is 15.4 Å². The largest absolute Gasteiger partial charge is 0.497 e. The monoisotopic (exact) mass is 364 g/mol. The number of nitrogens with zero attached hydrogens (tertiary/aromatic N) is 2. The van der Waals surface area contributed by atoms with Crippen molar-refractivity contribution >= 4 is 17.5 Å². The summed E-state index contributed by atoms with van der Waals surface area (Å²) >= 11 is 0. The number of anilines is 1. The van der Waals surface area contributed by atoms with Crippen LogP contribution in [0.15, 0.2) is 60.9 Å². The van der Waals surface area contributed by atoms with E-state index in [1.807, 2.05) is 36.4 Å². The molecule has 0 fully saturated rings. The fourth-order valence-electron chi connectivity index (χ4n) is 2.56. The molecule has 2 N–H and O–H groups in total. The van der Waals surface area contributed by atoms with E-state index in [4.69, 9.17) is 4.74 Å². The van der Waals surface area contributed by atoms with Crippen molar-refractivity contribution in [3.8, 4) is 16.9 Å². The number of hydrogen-bond donors (Lipinski definition) is 2. The van der Waals surface area contributed by atoms with Gasteiger partial charge in [0.15, 0.2) is 0 Å². The lowest BCUT2D eigenvalue weighted by Crippen LogP contribution is -2.23. The standard InChI is InChI=1S/C20H20N4O3/c1-21-19(25)13-24-12-17(11-22-24)23-20(26)15-8-6-14(7-9-15)16-4-3-5-18(10-16)27-2/h3-12H,13H2,1-2H3,(H,21,25)(H,23,26). The summed E-state index contributed by atoms with van der Waals surface area (Å²) in [6, 6.07) is 15.0. The van der Waals surface area contributed by atoms with Crippen LogP contribution in [0.3, 0.4) is 0 Å². The molecule has 27 heavy (non-hydrogen) atoms. The van der Waals surface area contributed by atoms with E-state index in [0.717, 1.165) is 16.9 Å². The van der Waals surface area contributed by atoms with Crippen molar-refractivity contribution in [2.45, 2.75) is 6.54 Å². The lowest BCUT2D eigenvalue weighted by molar-refractivity contribution is -0.121. The van der Waals surface area contributed by atoms with Crippen LogP contribution >= 0.6 is 0 Å². The Morgan fingerprint density at radius 3 is 2.59 bits per heavy atom. The van der Waals surface area contributed by atoms with Crippen LogP contribution in [0.2, 0.25) is 0 Å². The Labute approximate surface area is 157 Å². The van der Waals surface area contributed by atoms with E-state index in [0.29, 0.717) is 11.3 Å². The third kappa shape index (κ3) is 4.52. The number of likely N-dealkylation sites (N-methyl/N-ethyl adjacent to an activating group) is 1. The normalized spacial score (nSPS) is 10.3. The first kappa shape index (κ1) is 18.2. The number of rotatable bonds is 6. The van der Waals surface area contributed by atoms with Gasteiger partial charge in [0.05, 0.1) is 19.0 Å². The predicted octanol–water partition coefficient (Wildman–Crippen LogP) is 2.56. The summed E-state index contributed by atoms with van der Waals surface area (Å²) in [5, 5.41) is 9.34. The first-order valence-electron chi connectivity index (χ1n) is 8.38. The number of hydrogen-bond acceptors (Lipinski definition) is 4. The van der Waals surface area contributed by atoms with Gasteiger partial charge in [0, 0.05) is 18.8 Å². The lowest BCUT2D eigenvalue weighted by atomic mass is 10.0. The Morgan fingerprint density at radius 2 is 1.89 bits per heavy atom. The fraction of sp³-hybridized carbons (Fsp3) is 0.150. The summed E-state index contributed by atoms with van der Waals surface area (Å²) in [6.45, 7) is 0.0988. The van der Waals surface area contributed by atoms with Crippen molar-refractivity contribution in [3.05, 3.63) is 66.5 Å². The maximum Gasteiger partial charge on any atom is 0.255 e. The zero-order valence-electron chi connectivity index (χ0n) is 15.1. The second kappa shape index (κ2) is 8.18. The summed E-state index contributed by atoms with van der Waals surface area (Å²) < 4.78 is 6.70. The molecule has 138 valence electrons. The van der Waals surface area contributed by atoms with Gasteiger partial charge in [-0.15, -0.1) is 0 Å². The van der Waals surface area contributed by atoms with E-state index >= 15 is 0 Å². The van der Waals surface area contributed by atoms with E-state index in [1.165, 1.54) is 10.9 Å². The van der Waals surface area contributed by atoms with Gasteiger partial charge in [0.25, 0.3) is 5.91 Å². The van der Waals surface area contributed by atoms with Crippen molar-refractivity contribution in [2.24, 2.45) is 0 Å². The molecule has 0 radical (unpaired) electrons. The van der Waals surface area contributed by atoms with Crippen LogP contribution in [0.4, 0.5) is 5.69 Å². The summed E-state index contributed by atoms with van der Waals surface area (Å²) in [5.41, 5.74) is 3.06. The molecule has 0 unspecified atom stereocenters. The Kier molecular flexibility index (Phi) is 5.51. The van der Waals surface area contributed by atoms with Crippen LogP contribution in [0.25, 0.3) is 11.1 Å². The van der Waals surface area contributed by atoms with Gasteiger partial charge in [-0.3, -0.25) is 14.3 Å². The maximum absolute atomic E-state index is 12.4. The minimum absolute atomic E-state index is 0.0988. The molecular formula is C20H20N4O3. The lowest BCUT2D eigenvalue weighted by Gasteiger charge is -2.06. The molecule has 0 atom stereocenters. The fourth-order valence-corrected chi connectivity index (χ4v) is 2.56. The van der Waals surface area contributed by atoms with Gasteiger partial charge in [-0.2, -0.15) is 5.10 Å². The summed E-state index contributed by atoms with van der Waals surface area (Å²) in [7, 11) is 3.19. The van der Waals surface area contributed by atoms with Crippen LogP contribution in [0.5, 0.6) is 5.75 Å². The van der Waals surface area contributed by atoms with Gasteiger partial charge in [0.2, 0.25) is 5.91 Å². The van der Waals surface area contributed by atoms with Crippen molar-refractivity contribution in [1.29, 1.82) is 0 Å². The van der Waals surface area contributed by atoms with Gasteiger partial charge in [0.1, 0.15) is 12.3 Å². The minimum Gasteiger partial charge on any atom is -0.497 e. The molecule has 0 spiro atoms. The first-order valence-corrected chi connectivity index (χ1v) is 8.38. The van der Waals surface area contributed by atoms with Crippen molar-refractivity contribution in [1.82, 2.24) is 15.1 Å². The quantitative estimate of drug-likeness (QED) is 0.704. The van der Waals surface area contributed by atoms with E-state index in [-0.39, 0.29) is 18.4 Å². The average molecular weight is 364 g/mol. The Morgan fingerprint density at radius 1 is 1.11 bits per heavy atom. The number of ether oxygens (including phenoxy) is 1. The number of nitrogens with one attached hydrogen (secondary N) is 2. The van der Waals surface area contributed by atoms with Crippen LogP contribution in [0, 0.1) is 0 Å². The number of methoxy groups -OCH3 is 1. The molecule has 7 nitrogen and oxygen atoms in total. The van der Waals surface area contributed by atoms with Gasteiger partial charge in [-0.1, -0.05) is 24.3 Å². The van der Waals surface area contributed by atoms with Crippen molar-refractivity contribution in [3.63, 3.8) is 0 Å². The van der Waals surface area contributed by atoms with E-state index in [9.17, 15) is 9.59 Å². The molecule has 0 aliphatic heterocycles. The molecule has 0 saturated carbocycles. The molecule has 0 aliphatic carbocycles. The highest BCUT2D eigenvalue weighted by molar-refractivity contribution is 6.04. The van der Waals surface area contributed by atoms with Gasteiger partial charge in [-0.25, -0.2) is 0 Å². The van der Waals surface area contributed by atoms with E-state index in [2.05, 4.69) is 15.7 Å². The minimum atomic E-state index is -0.244. The molecule has 2 amide bonds. The third-order valence-corrected chi connectivity index (χ3v) is 4.03. The summed E-state index contributed by atoms with van der Waals surface area (Å²) in [6.07, 6.45) is 3.11. The van der Waals surface area contributed by atoms with Crippen molar-refractivity contribution in [2.75, 3.05) is 19.5 Å². The molecule has 1 aromatic heterocycles. The van der Waals surface area contributed by atoms with Gasteiger partial charge >= 0.3 is 0 Å². The van der Waals surface area contributed by atoms with Crippen LogP contribution in [-0.4, -0.2) is 35.8 Å². The van der Waals surface area contributed by atoms with Gasteiger partial charge < -0.3 is 15.4 Å². The molecule has 3 aromatic rings. The molecule has 3 rings (SSSR count). The average Bonchev–Trinajstić information content (AvgIpc) is 3.14. The molecule has 1 heterocycles. The van der Waals surface area contributed by atoms with E-state index in [1.54, 1.807) is 32.5 Å². The van der Waals surface area contributed by atoms with Crippen LogP contribution in [-0.2, 0) is 11.3 Å². The number of carbonyl (C=O) groups is 2. The van der Waals surface area contributed by atoms with Crippen molar-refractivity contribution < 1.29 is 14.3 Å². The second-order valence-corrected chi connectivity index (χ2v) is 5.86. The zero-order chi connectivity index (χ0) is 19.2. The third-order valence-electron chi connectivity index (χ3n) is 4.03. The summed E-state index contributed by atoms with van der Waals surface area (Å²) in [5.74, 6) is 0.374. The SMILES string of the molecule is CNC(=O)Cn1cc(NC(=O)c2ccc(-c3cccc(OC)c3)cc2)cn1. The highest BCUT2D eigenvalue weighted by Crippen LogP contribution is 2.24. The number of carbonyl (C=O) groups excluding carboxylic acids is 2. The Hall–Kier alpha value is -3.61.